The van der Waals surface area contributed by atoms with Gasteiger partial charge in [0, 0.05) is 12.1 Å². The number of halogens is 2. The van der Waals surface area contributed by atoms with E-state index in [0.717, 1.165) is 8.96 Å². The minimum atomic E-state index is -0.328. The van der Waals surface area contributed by atoms with Crippen LogP contribution in [0.1, 0.15) is 0 Å². The van der Waals surface area contributed by atoms with Gasteiger partial charge in [0.05, 0.1) is 5.39 Å². The molecule has 4 nitrogen and oxygen atoms in total. The molecule has 1 aromatic heterocycles. The van der Waals surface area contributed by atoms with Crippen LogP contribution in [0.15, 0.2) is 40.9 Å². The van der Waals surface area contributed by atoms with Crippen LogP contribution in [0.3, 0.4) is 0 Å². The molecule has 2 aromatic carbocycles. The molecule has 0 fully saturated rings. The lowest BCUT2D eigenvalue weighted by Gasteiger charge is -2.06. The molecule has 3 rings (SSSR count). The fourth-order valence-electron chi connectivity index (χ4n) is 2.08. The highest BCUT2D eigenvalue weighted by Gasteiger charge is 2.17. The molecule has 0 aliphatic rings. The highest BCUT2D eigenvalue weighted by Crippen LogP contribution is 2.35. The third-order valence-corrected chi connectivity index (χ3v) is 4.07. The molecule has 0 aliphatic heterocycles. The largest absolute Gasteiger partial charge is 0.491 e. The Kier molecular flexibility index (Phi) is 4.07. The molecule has 0 spiro atoms. The summed E-state index contributed by atoms with van der Waals surface area (Å²) in [6.45, 7) is 0.862. The lowest BCUT2D eigenvalue weighted by atomic mass is 10.1. The lowest BCUT2D eigenvalue weighted by Crippen LogP contribution is -2.11. The molecular formula is C15H12FIN2O2. The Labute approximate surface area is 134 Å². The lowest BCUT2D eigenvalue weighted by molar-refractivity contribution is 0.325. The Morgan fingerprint density at radius 3 is 2.81 bits per heavy atom. The van der Waals surface area contributed by atoms with E-state index in [1.165, 1.54) is 6.07 Å². The van der Waals surface area contributed by atoms with Crippen molar-refractivity contribution in [3.8, 4) is 17.0 Å². The van der Waals surface area contributed by atoms with E-state index >= 15 is 0 Å². The number of aromatic nitrogens is 1. The van der Waals surface area contributed by atoms with Crippen LogP contribution in [0.5, 0.6) is 5.75 Å². The van der Waals surface area contributed by atoms with Gasteiger partial charge in [-0.15, -0.1) is 0 Å². The molecule has 0 atom stereocenters. The van der Waals surface area contributed by atoms with Crippen LogP contribution in [0.4, 0.5) is 4.39 Å². The van der Waals surface area contributed by atoms with E-state index in [0.29, 0.717) is 35.7 Å². The van der Waals surface area contributed by atoms with E-state index < -0.39 is 0 Å². The highest BCUT2D eigenvalue weighted by atomic mass is 127. The second-order valence-electron chi connectivity index (χ2n) is 4.40. The molecule has 0 unspecified atom stereocenters. The van der Waals surface area contributed by atoms with Gasteiger partial charge in [0.2, 0.25) is 0 Å². The van der Waals surface area contributed by atoms with E-state index in [9.17, 15) is 4.39 Å². The molecule has 6 heteroatoms. The van der Waals surface area contributed by atoms with Gasteiger partial charge < -0.3 is 15.0 Å². The fourth-order valence-corrected chi connectivity index (χ4v) is 2.81. The summed E-state index contributed by atoms with van der Waals surface area (Å²) in [4.78, 5) is 0. The van der Waals surface area contributed by atoms with E-state index in [1.807, 2.05) is 12.1 Å². The number of rotatable bonds is 4. The van der Waals surface area contributed by atoms with Crippen LogP contribution < -0.4 is 10.5 Å². The summed E-state index contributed by atoms with van der Waals surface area (Å²) in [5, 5.41) is 4.76. The molecule has 108 valence electrons. The summed E-state index contributed by atoms with van der Waals surface area (Å²) < 4.78 is 25.6. The van der Waals surface area contributed by atoms with Crippen LogP contribution in [-0.2, 0) is 0 Å². The molecule has 2 N–H and O–H groups in total. The minimum Gasteiger partial charge on any atom is -0.491 e. The average Bonchev–Trinajstić information content (AvgIpc) is 2.92. The number of hydrogen-bond acceptors (Lipinski definition) is 4. The van der Waals surface area contributed by atoms with Crippen molar-refractivity contribution in [2.45, 2.75) is 0 Å². The van der Waals surface area contributed by atoms with Gasteiger partial charge in [0.15, 0.2) is 5.58 Å². The maximum absolute atomic E-state index is 13.9. The van der Waals surface area contributed by atoms with Gasteiger partial charge in [-0.05, 0) is 46.9 Å². The molecule has 0 saturated carbocycles. The monoisotopic (exact) mass is 398 g/mol. The Morgan fingerprint density at radius 1 is 1.24 bits per heavy atom. The highest BCUT2D eigenvalue weighted by molar-refractivity contribution is 14.1. The first-order chi connectivity index (χ1) is 10.2. The van der Waals surface area contributed by atoms with Crippen LogP contribution in [0.2, 0.25) is 0 Å². The van der Waals surface area contributed by atoms with Crippen LogP contribution in [0.25, 0.3) is 22.2 Å². The van der Waals surface area contributed by atoms with Gasteiger partial charge >= 0.3 is 0 Å². The van der Waals surface area contributed by atoms with Crippen molar-refractivity contribution >= 4 is 33.6 Å². The van der Waals surface area contributed by atoms with Gasteiger partial charge in [0.25, 0.3) is 0 Å². The average molecular weight is 398 g/mol. The normalized spacial score (nSPS) is 11.0. The zero-order valence-electron chi connectivity index (χ0n) is 11.0. The van der Waals surface area contributed by atoms with Gasteiger partial charge in [0.1, 0.15) is 27.4 Å². The number of benzene rings is 2. The van der Waals surface area contributed by atoms with Crippen molar-refractivity contribution in [1.29, 1.82) is 0 Å². The second kappa shape index (κ2) is 5.98. The predicted octanol–water partition coefficient (Wildman–Crippen LogP) is 3.58. The molecular weight excluding hydrogens is 386 g/mol. The quantitative estimate of drug-likeness (QED) is 0.683. The molecule has 1 heterocycles. The SMILES string of the molecule is NCCOc1ccc2c(-c3ccccc3F)noc2c1I. The van der Waals surface area contributed by atoms with Crippen molar-refractivity contribution in [1.82, 2.24) is 5.16 Å². The number of nitrogens with zero attached hydrogens (tertiary/aromatic N) is 1. The van der Waals surface area contributed by atoms with Crippen molar-refractivity contribution in [2.24, 2.45) is 5.73 Å². The maximum atomic E-state index is 13.9. The number of fused-ring (bicyclic) bond motifs is 1. The van der Waals surface area contributed by atoms with Gasteiger partial charge in [-0.2, -0.15) is 0 Å². The smallest absolute Gasteiger partial charge is 0.184 e. The zero-order chi connectivity index (χ0) is 14.8. The number of hydrogen-bond donors (Lipinski definition) is 1. The molecule has 21 heavy (non-hydrogen) atoms. The Bertz CT molecular complexity index is 788. The first kappa shape index (κ1) is 14.3. The number of nitrogens with two attached hydrogens (primary N) is 1. The topological polar surface area (TPSA) is 61.3 Å². The van der Waals surface area contributed by atoms with Crippen LogP contribution in [-0.4, -0.2) is 18.3 Å². The van der Waals surface area contributed by atoms with Gasteiger partial charge in [-0.25, -0.2) is 4.39 Å². The summed E-state index contributed by atoms with van der Waals surface area (Å²) in [6, 6.07) is 10.1. The maximum Gasteiger partial charge on any atom is 0.184 e. The van der Waals surface area contributed by atoms with Crippen molar-refractivity contribution in [2.75, 3.05) is 13.2 Å². The summed E-state index contributed by atoms with van der Waals surface area (Å²) >= 11 is 2.13. The predicted molar refractivity (Wildman–Crippen MR) is 86.7 cm³/mol. The van der Waals surface area contributed by atoms with Crippen LogP contribution >= 0.6 is 22.6 Å². The van der Waals surface area contributed by atoms with E-state index in [4.69, 9.17) is 15.0 Å². The van der Waals surface area contributed by atoms with Crippen molar-refractivity contribution < 1.29 is 13.7 Å². The Balaban J connectivity index is 2.12. The molecule has 0 saturated heterocycles. The summed E-state index contributed by atoms with van der Waals surface area (Å²) in [6.07, 6.45) is 0. The third kappa shape index (κ3) is 2.60. The van der Waals surface area contributed by atoms with Gasteiger partial charge in [-0.1, -0.05) is 17.3 Å². The minimum absolute atomic E-state index is 0.328. The zero-order valence-corrected chi connectivity index (χ0v) is 13.1. The molecule has 0 amide bonds. The molecule has 3 aromatic rings. The van der Waals surface area contributed by atoms with E-state index in [1.54, 1.807) is 18.2 Å². The van der Waals surface area contributed by atoms with Gasteiger partial charge in [-0.3, -0.25) is 0 Å². The van der Waals surface area contributed by atoms with Crippen LogP contribution in [0, 0.1) is 9.39 Å². The molecule has 0 radical (unpaired) electrons. The van der Waals surface area contributed by atoms with E-state index in [2.05, 4.69) is 27.7 Å². The first-order valence-corrected chi connectivity index (χ1v) is 7.46. The van der Waals surface area contributed by atoms with Crippen molar-refractivity contribution in [3.05, 3.63) is 45.8 Å². The standard InChI is InChI=1S/C15H12FIN2O2/c16-11-4-2-1-3-9(11)14-10-5-6-12(20-8-7-18)13(17)15(10)21-19-14/h1-6H,7-8,18H2. The van der Waals surface area contributed by atoms with E-state index in [-0.39, 0.29) is 5.82 Å². The molecule has 0 aliphatic carbocycles. The summed E-state index contributed by atoms with van der Waals surface area (Å²) in [5.41, 5.74) is 6.93. The summed E-state index contributed by atoms with van der Waals surface area (Å²) in [5.74, 6) is 0.357. The first-order valence-electron chi connectivity index (χ1n) is 6.38. The second-order valence-corrected chi connectivity index (χ2v) is 5.48. The Morgan fingerprint density at radius 2 is 2.05 bits per heavy atom. The fraction of sp³-hybridized carbons (Fsp3) is 0.133. The molecule has 0 bridgehead atoms. The van der Waals surface area contributed by atoms with Crippen molar-refractivity contribution in [3.63, 3.8) is 0 Å². The summed E-state index contributed by atoms with van der Waals surface area (Å²) in [7, 11) is 0. The Hall–Kier alpha value is -1.67. The number of ether oxygens (including phenoxy) is 1. The third-order valence-electron chi connectivity index (χ3n) is 3.05.